The van der Waals surface area contributed by atoms with Crippen molar-refractivity contribution < 1.29 is 9.59 Å². The zero-order valence-electron chi connectivity index (χ0n) is 18.3. The molecule has 0 heterocycles. The van der Waals surface area contributed by atoms with Crippen LogP contribution in [-0.4, -0.2) is 22.4 Å². The van der Waals surface area contributed by atoms with Gasteiger partial charge in [0.05, 0.1) is 5.54 Å². The number of amides is 2. The summed E-state index contributed by atoms with van der Waals surface area (Å²) in [7, 11) is 0. The van der Waals surface area contributed by atoms with Crippen LogP contribution in [0.5, 0.6) is 0 Å². The van der Waals surface area contributed by atoms with E-state index in [1.54, 1.807) is 12.1 Å². The summed E-state index contributed by atoms with van der Waals surface area (Å²) in [5.41, 5.74) is 6.53. The molecule has 0 aromatic heterocycles. The summed E-state index contributed by atoms with van der Waals surface area (Å²) in [6.07, 6.45) is 0. The number of carbonyl (C=O) groups is 2. The topological polar surface area (TPSA) is 49.4 Å². The number of nitrogens with zero attached hydrogens (tertiary/aromatic N) is 1. The van der Waals surface area contributed by atoms with E-state index in [0.717, 1.165) is 16.7 Å². The Kier molecular flexibility index (Phi) is 6.03. The van der Waals surface area contributed by atoms with E-state index in [1.807, 2.05) is 65.0 Å². The first kappa shape index (κ1) is 21.7. The van der Waals surface area contributed by atoms with Crippen LogP contribution < -0.4 is 5.43 Å². The molecule has 2 amide bonds. The second-order valence-electron chi connectivity index (χ2n) is 9.46. The number of carbonyl (C=O) groups excluding carboxylic acids is 2. The van der Waals surface area contributed by atoms with Gasteiger partial charge in [0.2, 0.25) is 0 Å². The standard InChI is InChI=1S/C24H32N2O2/c1-16-13-17(2)15-19(14-16)22(28)26(24(6,7)8)25-21(27)18-9-11-20(12-10-18)23(3,4)5/h9-15H,1-8H3,(H,25,27). The van der Waals surface area contributed by atoms with E-state index >= 15 is 0 Å². The van der Waals surface area contributed by atoms with Crippen LogP contribution in [0, 0.1) is 13.8 Å². The first-order chi connectivity index (χ1) is 12.8. The van der Waals surface area contributed by atoms with Gasteiger partial charge in [0, 0.05) is 11.1 Å². The van der Waals surface area contributed by atoms with Crippen molar-refractivity contribution >= 4 is 11.8 Å². The Hall–Kier alpha value is -2.62. The fraction of sp³-hybridized carbons (Fsp3) is 0.417. The first-order valence-electron chi connectivity index (χ1n) is 9.63. The lowest BCUT2D eigenvalue weighted by Gasteiger charge is -2.35. The van der Waals surface area contributed by atoms with Gasteiger partial charge < -0.3 is 0 Å². The van der Waals surface area contributed by atoms with Crippen LogP contribution in [0.25, 0.3) is 0 Å². The van der Waals surface area contributed by atoms with Gasteiger partial charge in [-0.3, -0.25) is 15.0 Å². The van der Waals surface area contributed by atoms with Crippen LogP contribution in [0.3, 0.4) is 0 Å². The minimum Gasteiger partial charge on any atom is -0.267 e. The molecule has 0 aliphatic carbocycles. The lowest BCUT2D eigenvalue weighted by atomic mass is 9.87. The van der Waals surface area contributed by atoms with Gasteiger partial charge in [-0.2, -0.15) is 0 Å². The molecule has 2 aromatic rings. The smallest absolute Gasteiger partial charge is 0.267 e. The van der Waals surface area contributed by atoms with Crippen molar-refractivity contribution in [1.29, 1.82) is 0 Å². The van der Waals surface area contributed by atoms with Crippen molar-refractivity contribution in [2.75, 3.05) is 0 Å². The number of hydrazine groups is 1. The lowest BCUT2D eigenvalue weighted by molar-refractivity contribution is 0.0358. The molecule has 0 fully saturated rings. The van der Waals surface area contributed by atoms with E-state index in [9.17, 15) is 9.59 Å². The SMILES string of the molecule is Cc1cc(C)cc(C(=O)N(NC(=O)c2ccc(C(C)(C)C)cc2)C(C)(C)C)c1. The number of nitrogens with one attached hydrogen (secondary N) is 1. The largest absolute Gasteiger partial charge is 0.272 e. The van der Waals surface area contributed by atoms with Crippen LogP contribution in [0.1, 0.15) is 78.9 Å². The maximum Gasteiger partial charge on any atom is 0.272 e. The Morgan fingerprint density at radius 1 is 0.786 bits per heavy atom. The second-order valence-corrected chi connectivity index (χ2v) is 9.46. The zero-order valence-corrected chi connectivity index (χ0v) is 18.3. The summed E-state index contributed by atoms with van der Waals surface area (Å²) in [6, 6.07) is 13.2. The van der Waals surface area contributed by atoms with Crippen LogP contribution in [-0.2, 0) is 5.41 Å². The lowest BCUT2D eigenvalue weighted by Crippen LogP contribution is -2.55. The molecular formula is C24H32N2O2. The van der Waals surface area contributed by atoms with E-state index in [1.165, 1.54) is 5.01 Å². The van der Waals surface area contributed by atoms with Crippen molar-refractivity contribution in [1.82, 2.24) is 10.4 Å². The Morgan fingerprint density at radius 3 is 1.71 bits per heavy atom. The molecule has 150 valence electrons. The molecule has 0 saturated carbocycles. The predicted molar refractivity (Wildman–Crippen MR) is 114 cm³/mol. The minimum absolute atomic E-state index is 0.0193. The van der Waals surface area contributed by atoms with Crippen LogP contribution in [0.4, 0.5) is 0 Å². The van der Waals surface area contributed by atoms with Gasteiger partial charge >= 0.3 is 0 Å². The molecule has 2 aromatic carbocycles. The van der Waals surface area contributed by atoms with Crippen molar-refractivity contribution in [3.8, 4) is 0 Å². The van der Waals surface area contributed by atoms with Gasteiger partial charge in [0.1, 0.15) is 0 Å². The zero-order chi connectivity index (χ0) is 21.3. The van der Waals surface area contributed by atoms with Crippen LogP contribution >= 0.6 is 0 Å². The third-order valence-corrected chi connectivity index (χ3v) is 4.57. The first-order valence-corrected chi connectivity index (χ1v) is 9.63. The van der Waals surface area contributed by atoms with Crippen molar-refractivity contribution in [2.24, 2.45) is 0 Å². The van der Waals surface area contributed by atoms with Crippen molar-refractivity contribution in [3.63, 3.8) is 0 Å². The highest BCUT2D eigenvalue weighted by atomic mass is 16.2. The molecule has 28 heavy (non-hydrogen) atoms. The second kappa shape index (κ2) is 7.78. The quantitative estimate of drug-likeness (QED) is 0.729. The van der Waals surface area contributed by atoms with Crippen LogP contribution in [0.15, 0.2) is 42.5 Å². The Labute approximate surface area is 168 Å². The average molecular weight is 381 g/mol. The van der Waals surface area contributed by atoms with E-state index in [4.69, 9.17) is 0 Å². The molecule has 0 spiro atoms. The maximum atomic E-state index is 13.2. The highest BCUT2D eigenvalue weighted by Gasteiger charge is 2.30. The van der Waals surface area contributed by atoms with E-state index < -0.39 is 5.54 Å². The number of hydrogen-bond acceptors (Lipinski definition) is 2. The predicted octanol–water partition coefficient (Wildman–Crippen LogP) is 5.19. The van der Waals surface area contributed by atoms with Gasteiger partial charge in [-0.05, 0) is 69.9 Å². The Morgan fingerprint density at radius 2 is 1.29 bits per heavy atom. The monoisotopic (exact) mass is 380 g/mol. The number of benzene rings is 2. The molecule has 0 aliphatic rings. The van der Waals surface area contributed by atoms with E-state index in [-0.39, 0.29) is 17.2 Å². The third-order valence-electron chi connectivity index (χ3n) is 4.57. The minimum atomic E-state index is -0.574. The molecule has 0 aliphatic heterocycles. The molecular weight excluding hydrogens is 348 g/mol. The van der Waals surface area contributed by atoms with E-state index in [2.05, 4.69) is 26.2 Å². The van der Waals surface area contributed by atoms with Crippen molar-refractivity contribution in [3.05, 3.63) is 70.3 Å². The molecule has 4 heteroatoms. The van der Waals surface area contributed by atoms with Gasteiger partial charge in [-0.1, -0.05) is 50.1 Å². The molecule has 0 bridgehead atoms. The van der Waals surface area contributed by atoms with E-state index in [0.29, 0.717) is 11.1 Å². The fourth-order valence-corrected chi connectivity index (χ4v) is 3.04. The van der Waals surface area contributed by atoms with Gasteiger partial charge in [-0.15, -0.1) is 0 Å². The number of rotatable bonds is 2. The average Bonchev–Trinajstić information content (AvgIpc) is 2.56. The summed E-state index contributed by atoms with van der Waals surface area (Å²) in [5, 5.41) is 1.42. The van der Waals surface area contributed by atoms with Gasteiger partial charge in [0.15, 0.2) is 0 Å². The maximum absolute atomic E-state index is 13.2. The molecule has 1 N–H and O–H groups in total. The van der Waals surface area contributed by atoms with Crippen molar-refractivity contribution in [2.45, 2.75) is 66.3 Å². The highest BCUT2D eigenvalue weighted by molar-refractivity contribution is 5.99. The molecule has 4 nitrogen and oxygen atoms in total. The molecule has 0 radical (unpaired) electrons. The molecule has 0 unspecified atom stereocenters. The molecule has 0 saturated heterocycles. The summed E-state index contributed by atoms with van der Waals surface area (Å²) >= 11 is 0. The Balaban J connectivity index is 2.29. The third kappa shape index (κ3) is 5.22. The summed E-state index contributed by atoms with van der Waals surface area (Å²) in [5.74, 6) is -0.521. The van der Waals surface area contributed by atoms with Gasteiger partial charge in [-0.25, -0.2) is 5.01 Å². The fourth-order valence-electron chi connectivity index (χ4n) is 3.04. The summed E-state index contributed by atoms with van der Waals surface area (Å²) < 4.78 is 0. The van der Waals surface area contributed by atoms with Crippen LogP contribution in [0.2, 0.25) is 0 Å². The normalized spacial score (nSPS) is 11.9. The van der Waals surface area contributed by atoms with Gasteiger partial charge in [0.25, 0.3) is 11.8 Å². The number of aryl methyl sites for hydroxylation is 2. The molecule has 0 atom stereocenters. The molecule has 2 rings (SSSR count). The number of hydrogen-bond donors (Lipinski definition) is 1. The summed E-state index contributed by atoms with van der Waals surface area (Å²) in [4.78, 5) is 26.0. The highest BCUT2D eigenvalue weighted by Crippen LogP contribution is 2.23. The summed E-state index contributed by atoms with van der Waals surface area (Å²) in [6.45, 7) is 16.0. The Bertz CT molecular complexity index is 849.